The monoisotopic (exact) mass is 382 g/mol. The van der Waals surface area contributed by atoms with Gasteiger partial charge in [0.15, 0.2) is 0 Å². The molecule has 0 aliphatic heterocycles. The highest BCUT2D eigenvalue weighted by Crippen LogP contribution is 2.29. The molecule has 0 saturated heterocycles. The van der Waals surface area contributed by atoms with Crippen molar-refractivity contribution in [1.29, 1.82) is 0 Å². The number of aromatic nitrogens is 1. The number of hydrogen-bond donors (Lipinski definition) is 1. The van der Waals surface area contributed by atoms with Crippen molar-refractivity contribution in [2.24, 2.45) is 0 Å². The zero-order valence-electron chi connectivity index (χ0n) is 15.6. The topological polar surface area (TPSA) is 60.5 Å². The van der Waals surface area contributed by atoms with Gasteiger partial charge in [-0.3, -0.25) is 4.79 Å². The average molecular weight is 382 g/mol. The molecule has 3 aromatic rings. The summed E-state index contributed by atoms with van der Waals surface area (Å²) in [7, 11) is 3.15. The van der Waals surface area contributed by atoms with Crippen LogP contribution < -0.4 is 14.8 Å². The van der Waals surface area contributed by atoms with E-state index in [1.165, 1.54) is 5.56 Å². The summed E-state index contributed by atoms with van der Waals surface area (Å²) in [6.45, 7) is 2.08. The average Bonchev–Trinajstić information content (AvgIpc) is 3.16. The maximum atomic E-state index is 12.3. The number of methoxy groups -OCH3 is 2. The summed E-state index contributed by atoms with van der Waals surface area (Å²) in [5.41, 5.74) is 3.89. The molecule has 0 aliphatic rings. The van der Waals surface area contributed by atoms with Gasteiger partial charge in [0, 0.05) is 23.4 Å². The van der Waals surface area contributed by atoms with Crippen molar-refractivity contribution in [3.63, 3.8) is 0 Å². The first-order valence-corrected chi connectivity index (χ1v) is 9.51. The third-order valence-corrected chi connectivity index (χ3v) is 5.14. The summed E-state index contributed by atoms with van der Waals surface area (Å²) in [6, 6.07) is 13.5. The molecule has 0 radical (unpaired) electrons. The summed E-state index contributed by atoms with van der Waals surface area (Å²) in [4.78, 5) is 17.0. The Morgan fingerprint density at radius 2 is 1.96 bits per heavy atom. The van der Waals surface area contributed by atoms with Gasteiger partial charge in [-0.1, -0.05) is 24.3 Å². The van der Waals surface area contributed by atoms with Crippen LogP contribution in [0.25, 0.3) is 10.6 Å². The second kappa shape index (κ2) is 8.68. The summed E-state index contributed by atoms with van der Waals surface area (Å²) in [5, 5.41) is 5.89. The molecule has 1 heterocycles. The Morgan fingerprint density at radius 1 is 1.15 bits per heavy atom. The Balaban J connectivity index is 1.61. The fourth-order valence-corrected chi connectivity index (χ4v) is 3.66. The fraction of sp³-hybridized carbons (Fsp3) is 0.238. The van der Waals surface area contributed by atoms with Crippen LogP contribution in [0.1, 0.15) is 17.7 Å². The van der Waals surface area contributed by atoms with Gasteiger partial charge in [-0.2, -0.15) is 0 Å². The third kappa shape index (κ3) is 4.65. The lowest BCUT2D eigenvalue weighted by Gasteiger charge is -2.11. The predicted molar refractivity (Wildman–Crippen MR) is 109 cm³/mol. The van der Waals surface area contributed by atoms with Crippen LogP contribution >= 0.6 is 11.3 Å². The normalized spacial score (nSPS) is 10.5. The van der Waals surface area contributed by atoms with Crippen LogP contribution in [0.15, 0.2) is 47.8 Å². The molecule has 0 saturated carbocycles. The quantitative estimate of drug-likeness (QED) is 0.643. The van der Waals surface area contributed by atoms with Crippen molar-refractivity contribution in [3.8, 4) is 22.1 Å². The number of amides is 1. The SMILES string of the molecule is COc1ccc(NC(=O)CCc2csc(-c3ccccc3C)n2)c(OC)c1. The largest absolute Gasteiger partial charge is 0.497 e. The Morgan fingerprint density at radius 3 is 2.70 bits per heavy atom. The van der Waals surface area contributed by atoms with Gasteiger partial charge < -0.3 is 14.8 Å². The number of hydrogen-bond acceptors (Lipinski definition) is 5. The van der Waals surface area contributed by atoms with Crippen LogP contribution in [0.4, 0.5) is 5.69 Å². The fourth-order valence-electron chi connectivity index (χ4n) is 2.71. The first-order chi connectivity index (χ1) is 13.1. The molecule has 0 aliphatic carbocycles. The standard InChI is InChI=1S/C21H22N2O3S/c1-14-6-4-5-7-17(14)21-22-15(13-27-21)8-11-20(24)23-18-10-9-16(25-2)12-19(18)26-3/h4-7,9-10,12-13H,8,11H2,1-3H3,(H,23,24). The zero-order valence-corrected chi connectivity index (χ0v) is 16.4. The van der Waals surface area contributed by atoms with E-state index in [4.69, 9.17) is 9.47 Å². The van der Waals surface area contributed by atoms with Crippen LogP contribution in [0.3, 0.4) is 0 Å². The molecular formula is C21H22N2O3S. The van der Waals surface area contributed by atoms with Crippen LogP contribution in [0.5, 0.6) is 11.5 Å². The Kier molecular flexibility index (Phi) is 6.08. The van der Waals surface area contributed by atoms with E-state index in [1.807, 2.05) is 17.5 Å². The molecule has 27 heavy (non-hydrogen) atoms. The van der Waals surface area contributed by atoms with Crippen molar-refractivity contribution in [1.82, 2.24) is 4.98 Å². The molecule has 3 rings (SSSR count). The number of ether oxygens (including phenoxy) is 2. The minimum absolute atomic E-state index is 0.0797. The van der Waals surface area contributed by atoms with Gasteiger partial charge in [-0.05, 0) is 31.0 Å². The number of nitrogens with one attached hydrogen (secondary N) is 1. The Labute approximate surface area is 163 Å². The number of benzene rings is 2. The Hall–Kier alpha value is -2.86. The van der Waals surface area contributed by atoms with E-state index in [-0.39, 0.29) is 5.91 Å². The van der Waals surface area contributed by atoms with Gasteiger partial charge in [0.25, 0.3) is 0 Å². The number of anilines is 1. The molecule has 0 unspecified atom stereocenters. The van der Waals surface area contributed by atoms with Gasteiger partial charge in [-0.25, -0.2) is 4.98 Å². The molecule has 1 N–H and O–H groups in total. The van der Waals surface area contributed by atoms with Crippen LogP contribution in [0.2, 0.25) is 0 Å². The van der Waals surface area contributed by atoms with Crippen LogP contribution in [0, 0.1) is 6.92 Å². The predicted octanol–water partition coefficient (Wildman–Crippen LogP) is 4.71. The molecule has 1 aromatic heterocycles. The second-order valence-corrected chi connectivity index (χ2v) is 6.93. The van der Waals surface area contributed by atoms with Gasteiger partial charge in [0.2, 0.25) is 5.91 Å². The van der Waals surface area contributed by atoms with E-state index in [0.717, 1.165) is 16.3 Å². The molecule has 0 spiro atoms. The van der Waals surface area contributed by atoms with Gasteiger partial charge in [-0.15, -0.1) is 11.3 Å². The molecule has 1 amide bonds. The van der Waals surface area contributed by atoms with Crippen LogP contribution in [-0.2, 0) is 11.2 Å². The molecule has 0 atom stereocenters. The summed E-state index contributed by atoms with van der Waals surface area (Å²) in [6.07, 6.45) is 0.943. The highest BCUT2D eigenvalue weighted by atomic mass is 32.1. The number of thiazole rings is 1. The molecule has 140 valence electrons. The van der Waals surface area contributed by atoms with Crippen molar-refractivity contribution in [2.75, 3.05) is 19.5 Å². The number of nitrogens with zero attached hydrogens (tertiary/aromatic N) is 1. The van der Waals surface area contributed by atoms with Gasteiger partial charge in [0.05, 0.1) is 25.6 Å². The van der Waals surface area contributed by atoms with E-state index >= 15 is 0 Å². The van der Waals surface area contributed by atoms with E-state index in [2.05, 4.69) is 29.4 Å². The van der Waals surface area contributed by atoms with E-state index in [1.54, 1.807) is 43.8 Å². The molecule has 2 aromatic carbocycles. The van der Waals surface area contributed by atoms with E-state index in [9.17, 15) is 4.79 Å². The van der Waals surface area contributed by atoms with Crippen molar-refractivity contribution in [3.05, 3.63) is 59.1 Å². The number of carbonyl (C=O) groups excluding carboxylic acids is 1. The lowest BCUT2D eigenvalue weighted by molar-refractivity contribution is -0.116. The molecule has 0 bridgehead atoms. The molecule has 0 fully saturated rings. The summed E-state index contributed by atoms with van der Waals surface area (Å²) in [5.74, 6) is 1.16. The lowest BCUT2D eigenvalue weighted by Crippen LogP contribution is -2.13. The van der Waals surface area contributed by atoms with Crippen molar-refractivity contribution < 1.29 is 14.3 Å². The first kappa shape index (κ1) is 18.9. The van der Waals surface area contributed by atoms with Crippen molar-refractivity contribution in [2.45, 2.75) is 19.8 Å². The summed E-state index contributed by atoms with van der Waals surface area (Å²) >= 11 is 1.61. The smallest absolute Gasteiger partial charge is 0.224 e. The molecule has 5 nitrogen and oxygen atoms in total. The maximum absolute atomic E-state index is 12.3. The lowest BCUT2D eigenvalue weighted by atomic mass is 10.1. The van der Waals surface area contributed by atoms with Gasteiger partial charge >= 0.3 is 0 Å². The summed E-state index contributed by atoms with van der Waals surface area (Å²) < 4.78 is 10.5. The highest BCUT2D eigenvalue weighted by molar-refractivity contribution is 7.13. The van der Waals surface area contributed by atoms with Gasteiger partial charge in [0.1, 0.15) is 16.5 Å². The number of rotatable bonds is 7. The minimum Gasteiger partial charge on any atom is -0.497 e. The number of aryl methyl sites for hydroxylation is 2. The second-order valence-electron chi connectivity index (χ2n) is 6.07. The van der Waals surface area contributed by atoms with Crippen LogP contribution in [-0.4, -0.2) is 25.1 Å². The van der Waals surface area contributed by atoms with E-state index < -0.39 is 0 Å². The maximum Gasteiger partial charge on any atom is 0.224 e. The molecule has 6 heteroatoms. The third-order valence-electron chi connectivity index (χ3n) is 4.22. The van der Waals surface area contributed by atoms with E-state index in [0.29, 0.717) is 30.0 Å². The first-order valence-electron chi connectivity index (χ1n) is 8.63. The highest BCUT2D eigenvalue weighted by Gasteiger charge is 2.11. The minimum atomic E-state index is -0.0797. The number of carbonyl (C=O) groups is 1. The Bertz CT molecular complexity index is 937. The zero-order chi connectivity index (χ0) is 19.2. The molecular weight excluding hydrogens is 360 g/mol. The van der Waals surface area contributed by atoms with Crippen molar-refractivity contribution >= 4 is 22.9 Å².